The zero-order chi connectivity index (χ0) is 12.5. The van der Waals surface area contributed by atoms with E-state index in [1.807, 2.05) is 0 Å². The Hall–Kier alpha value is -2.15. The Bertz CT molecular complexity index is 603. The fourth-order valence-electron chi connectivity index (χ4n) is 1.35. The standard InChI is InChI=1S/C10H10N4O2S/c11-7-3-1-5-13-9(7)17(15,16)10-8(12)4-2-6-14-10/h1-6H,11-12H2. The second kappa shape index (κ2) is 4.02. The van der Waals surface area contributed by atoms with Crippen molar-refractivity contribution in [2.45, 2.75) is 10.1 Å². The third-order valence-electron chi connectivity index (χ3n) is 2.11. The van der Waals surface area contributed by atoms with E-state index >= 15 is 0 Å². The molecule has 0 amide bonds. The highest BCUT2D eigenvalue weighted by molar-refractivity contribution is 7.91. The van der Waals surface area contributed by atoms with E-state index in [2.05, 4.69) is 9.97 Å². The number of nitrogen functional groups attached to an aromatic ring is 2. The fraction of sp³-hybridized carbons (Fsp3) is 0. The van der Waals surface area contributed by atoms with Crippen LogP contribution in [0.2, 0.25) is 0 Å². The van der Waals surface area contributed by atoms with E-state index in [0.717, 1.165) is 0 Å². The molecular weight excluding hydrogens is 240 g/mol. The maximum atomic E-state index is 12.2. The number of hydrogen-bond acceptors (Lipinski definition) is 6. The summed E-state index contributed by atoms with van der Waals surface area (Å²) >= 11 is 0. The van der Waals surface area contributed by atoms with Crippen LogP contribution in [0.25, 0.3) is 0 Å². The van der Waals surface area contributed by atoms with Crippen molar-refractivity contribution in [2.75, 3.05) is 11.5 Å². The minimum absolute atomic E-state index is 0.0672. The highest BCUT2D eigenvalue weighted by atomic mass is 32.2. The minimum atomic E-state index is -3.87. The van der Waals surface area contributed by atoms with E-state index in [4.69, 9.17) is 11.5 Å². The Morgan fingerprint density at radius 1 is 0.882 bits per heavy atom. The first-order valence-electron chi connectivity index (χ1n) is 4.69. The average molecular weight is 250 g/mol. The predicted molar refractivity (Wildman–Crippen MR) is 62.8 cm³/mol. The van der Waals surface area contributed by atoms with Gasteiger partial charge in [-0.2, -0.15) is 0 Å². The number of aromatic nitrogens is 2. The van der Waals surface area contributed by atoms with Gasteiger partial charge in [0.25, 0.3) is 0 Å². The maximum absolute atomic E-state index is 12.2. The molecule has 6 nitrogen and oxygen atoms in total. The van der Waals surface area contributed by atoms with E-state index < -0.39 is 9.84 Å². The van der Waals surface area contributed by atoms with Gasteiger partial charge in [-0.15, -0.1) is 0 Å². The van der Waals surface area contributed by atoms with Gasteiger partial charge >= 0.3 is 0 Å². The first kappa shape index (κ1) is 11.3. The molecule has 2 aromatic heterocycles. The zero-order valence-electron chi connectivity index (χ0n) is 8.74. The number of pyridine rings is 2. The third-order valence-corrected chi connectivity index (χ3v) is 3.81. The first-order chi connectivity index (χ1) is 8.03. The molecule has 17 heavy (non-hydrogen) atoms. The lowest BCUT2D eigenvalue weighted by molar-refractivity contribution is 0.589. The van der Waals surface area contributed by atoms with E-state index in [1.165, 1.54) is 24.5 Å². The molecule has 2 aromatic rings. The van der Waals surface area contributed by atoms with Crippen molar-refractivity contribution < 1.29 is 8.42 Å². The molecule has 0 aromatic carbocycles. The summed E-state index contributed by atoms with van der Waals surface area (Å²) in [5.74, 6) is 0. The summed E-state index contributed by atoms with van der Waals surface area (Å²) in [6.45, 7) is 0. The SMILES string of the molecule is Nc1cccnc1S(=O)(=O)c1ncccc1N. The summed E-state index contributed by atoms with van der Waals surface area (Å²) in [4.78, 5) is 7.52. The number of anilines is 2. The van der Waals surface area contributed by atoms with E-state index in [9.17, 15) is 8.42 Å². The molecule has 0 radical (unpaired) electrons. The number of rotatable bonds is 2. The molecule has 7 heteroatoms. The molecule has 0 unspecified atom stereocenters. The summed E-state index contributed by atoms with van der Waals surface area (Å²) in [5.41, 5.74) is 11.3. The van der Waals surface area contributed by atoms with Crippen molar-refractivity contribution >= 4 is 21.2 Å². The van der Waals surface area contributed by atoms with Gasteiger partial charge in [0.15, 0.2) is 10.1 Å². The average Bonchev–Trinajstić information content (AvgIpc) is 2.29. The molecule has 0 aliphatic heterocycles. The summed E-state index contributed by atoms with van der Waals surface area (Å²) in [7, 11) is -3.87. The first-order valence-corrected chi connectivity index (χ1v) is 6.18. The Labute approximate surface area is 98.2 Å². The van der Waals surface area contributed by atoms with Gasteiger partial charge in [-0.25, -0.2) is 18.4 Å². The van der Waals surface area contributed by atoms with E-state index in [1.54, 1.807) is 12.1 Å². The quantitative estimate of drug-likeness (QED) is 0.801. The predicted octanol–water partition coefficient (Wildman–Crippen LogP) is 0.474. The minimum Gasteiger partial charge on any atom is -0.396 e. The zero-order valence-corrected chi connectivity index (χ0v) is 9.55. The molecule has 0 aliphatic carbocycles. The van der Waals surface area contributed by atoms with Crippen LogP contribution >= 0.6 is 0 Å². The molecule has 0 saturated carbocycles. The van der Waals surface area contributed by atoms with Crippen LogP contribution in [0.3, 0.4) is 0 Å². The number of sulfone groups is 1. The van der Waals surface area contributed by atoms with Crippen molar-refractivity contribution in [3.8, 4) is 0 Å². The largest absolute Gasteiger partial charge is 0.396 e. The van der Waals surface area contributed by atoms with Gasteiger partial charge in [0.2, 0.25) is 9.84 Å². The molecule has 2 rings (SSSR count). The topological polar surface area (TPSA) is 112 Å². The summed E-state index contributed by atoms with van der Waals surface area (Å²) in [6.07, 6.45) is 2.70. The highest BCUT2D eigenvalue weighted by Gasteiger charge is 2.25. The van der Waals surface area contributed by atoms with Gasteiger partial charge in [0.1, 0.15) is 0 Å². The fourth-order valence-corrected chi connectivity index (χ4v) is 2.69. The molecule has 0 bridgehead atoms. The number of nitrogens with two attached hydrogens (primary N) is 2. The molecule has 0 atom stereocenters. The van der Waals surface area contributed by atoms with Gasteiger partial charge in [0, 0.05) is 12.4 Å². The molecule has 0 aliphatic rings. The van der Waals surface area contributed by atoms with Crippen LogP contribution in [0.4, 0.5) is 11.4 Å². The Morgan fingerprint density at radius 2 is 1.29 bits per heavy atom. The van der Waals surface area contributed by atoms with Crippen molar-refractivity contribution in [1.82, 2.24) is 9.97 Å². The lowest BCUT2D eigenvalue weighted by Crippen LogP contribution is -2.11. The molecule has 0 saturated heterocycles. The van der Waals surface area contributed by atoms with Crippen LogP contribution in [0.5, 0.6) is 0 Å². The van der Waals surface area contributed by atoms with Crippen LogP contribution in [-0.4, -0.2) is 18.4 Å². The van der Waals surface area contributed by atoms with Crippen LogP contribution in [0.15, 0.2) is 46.7 Å². The molecule has 0 fully saturated rings. The van der Waals surface area contributed by atoms with Gasteiger partial charge in [-0.1, -0.05) is 0 Å². The van der Waals surface area contributed by atoms with Crippen LogP contribution in [-0.2, 0) is 9.84 Å². The van der Waals surface area contributed by atoms with Crippen molar-refractivity contribution in [1.29, 1.82) is 0 Å². The third kappa shape index (κ3) is 1.92. The summed E-state index contributed by atoms with van der Waals surface area (Å²) in [5, 5.41) is -0.462. The summed E-state index contributed by atoms with van der Waals surface area (Å²) < 4.78 is 24.4. The molecular formula is C10H10N4O2S. The van der Waals surface area contributed by atoms with Gasteiger partial charge in [-0.3, -0.25) is 0 Å². The molecule has 0 spiro atoms. The normalized spacial score (nSPS) is 11.3. The van der Waals surface area contributed by atoms with E-state index in [-0.39, 0.29) is 21.4 Å². The molecule has 4 N–H and O–H groups in total. The number of nitrogens with zero attached hydrogens (tertiary/aromatic N) is 2. The van der Waals surface area contributed by atoms with Crippen LogP contribution < -0.4 is 11.5 Å². The Kier molecular flexibility index (Phi) is 2.68. The lowest BCUT2D eigenvalue weighted by atomic mass is 10.4. The maximum Gasteiger partial charge on any atom is 0.245 e. The van der Waals surface area contributed by atoms with Crippen molar-refractivity contribution in [3.05, 3.63) is 36.7 Å². The molecule has 88 valence electrons. The monoisotopic (exact) mass is 250 g/mol. The Morgan fingerprint density at radius 3 is 1.65 bits per heavy atom. The van der Waals surface area contributed by atoms with Crippen LogP contribution in [0.1, 0.15) is 0 Å². The summed E-state index contributed by atoms with van der Waals surface area (Å²) in [6, 6.07) is 6.02. The van der Waals surface area contributed by atoms with Crippen LogP contribution in [0, 0.1) is 0 Å². The second-order valence-corrected chi connectivity index (χ2v) is 5.08. The van der Waals surface area contributed by atoms with Gasteiger partial charge in [0.05, 0.1) is 11.4 Å². The highest BCUT2D eigenvalue weighted by Crippen LogP contribution is 2.25. The smallest absolute Gasteiger partial charge is 0.245 e. The second-order valence-electron chi connectivity index (χ2n) is 3.30. The Balaban J connectivity index is 2.67. The van der Waals surface area contributed by atoms with Crippen molar-refractivity contribution in [2.24, 2.45) is 0 Å². The van der Waals surface area contributed by atoms with Gasteiger partial charge in [-0.05, 0) is 24.3 Å². The number of hydrogen-bond donors (Lipinski definition) is 2. The molecule has 2 heterocycles. The van der Waals surface area contributed by atoms with Crippen molar-refractivity contribution in [3.63, 3.8) is 0 Å². The van der Waals surface area contributed by atoms with Gasteiger partial charge < -0.3 is 11.5 Å². The lowest BCUT2D eigenvalue weighted by Gasteiger charge is -2.06. The van der Waals surface area contributed by atoms with E-state index in [0.29, 0.717) is 0 Å².